The third-order valence-electron chi connectivity index (χ3n) is 4.51. The predicted octanol–water partition coefficient (Wildman–Crippen LogP) is 3.37. The second kappa shape index (κ2) is 10.7. The number of esters is 1. The molecule has 10 heteroatoms. The van der Waals surface area contributed by atoms with Crippen molar-refractivity contribution in [2.75, 3.05) is 18.9 Å². The van der Waals surface area contributed by atoms with Crippen molar-refractivity contribution in [2.45, 2.75) is 31.8 Å². The number of ether oxygens (including phenoxy) is 1. The Labute approximate surface area is 192 Å². The summed E-state index contributed by atoms with van der Waals surface area (Å²) in [4.78, 5) is 36.5. The molecule has 0 bridgehead atoms. The highest BCUT2D eigenvalue weighted by molar-refractivity contribution is 7.89. The van der Waals surface area contributed by atoms with Crippen molar-refractivity contribution in [1.29, 1.82) is 0 Å². The van der Waals surface area contributed by atoms with E-state index in [2.05, 4.69) is 5.32 Å². The van der Waals surface area contributed by atoms with Crippen LogP contribution in [0.2, 0.25) is 5.02 Å². The Morgan fingerprint density at radius 1 is 1.00 bits per heavy atom. The van der Waals surface area contributed by atoms with Gasteiger partial charge in [0.2, 0.25) is 21.7 Å². The molecule has 1 atom stereocenters. The van der Waals surface area contributed by atoms with E-state index in [0.717, 1.165) is 4.31 Å². The monoisotopic (exact) mass is 480 g/mol. The number of Topliss-reactive ketones (excluding diaryl/α,β-unsaturated/α-hetero) is 1. The summed E-state index contributed by atoms with van der Waals surface area (Å²) in [5, 5.41) is 3.10. The van der Waals surface area contributed by atoms with Gasteiger partial charge in [0.15, 0.2) is 6.10 Å². The number of nitrogens with one attached hydrogen (secondary N) is 1. The average molecular weight is 481 g/mol. The Morgan fingerprint density at radius 2 is 1.56 bits per heavy atom. The van der Waals surface area contributed by atoms with Crippen LogP contribution in [0.5, 0.6) is 0 Å². The van der Waals surface area contributed by atoms with Gasteiger partial charge >= 0.3 is 5.97 Å². The zero-order valence-corrected chi connectivity index (χ0v) is 19.7. The Kier molecular flexibility index (Phi) is 8.54. The molecule has 1 N–H and O–H groups in total. The van der Waals surface area contributed by atoms with Crippen molar-refractivity contribution in [1.82, 2.24) is 4.31 Å². The summed E-state index contributed by atoms with van der Waals surface area (Å²) in [5.41, 5.74) is 0.828. The molecule has 0 fully saturated rings. The Hall–Kier alpha value is -2.75. The maximum Gasteiger partial charge on any atom is 0.322 e. The third-order valence-corrected chi connectivity index (χ3v) is 6.58. The first-order valence-corrected chi connectivity index (χ1v) is 11.6. The van der Waals surface area contributed by atoms with Gasteiger partial charge in [-0.25, -0.2) is 8.42 Å². The van der Waals surface area contributed by atoms with Gasteiger partial charge in [-0.3, -0.25) is 14.4 Å². The van der Waals surface area contributed by atoms with Crippen LogP contribution in [0.3, 0.4) is 0 Å². The van der Waals surface area contributed by atoms with Crippen LogP contribution in [0.15, 0.2) is 53.4 Å². The first-order valence-electron chi connectivity index (χ1n) is 9.78. The lowest BCUT2D eigenvalue weighted by Gasteiger charge is -2.18. The van der Waals surface area contributed by atoms with Crippen molar-refractivity contribution in [2.24, 2.45) is 5.92 Å². The Morgan fingerprint density at radius 3 is 2.09 bits per heavy atom. The van der Waals surface area contributed by atoms with Gasteiger partial charge < -0.3 is 10.1 Å². The molecule has 1 unspecified atom stereocenters. The van der Waals surface area contributed by atoms with E-state index in [9.17, 15) is 22.8 Å². The van der Waals surface area contributed by atoms with E-state index in [-0.39, 0.29) is 22.3 Å². The number of sulfonamides is 1. The number of nitrogens with zero attached hydrogens (tertiary/aromatic N) is 1. The number of ketones is 1. The van der Waals surface area contributed by atoms with E-state index < -0.39 is 34.4 Å². The van der Waals surface area contributed by atoms with E-state index in [0.29, 0.717) is 10.7 Å². The van der Waals surface area contributed by atoms with Gasteiger partial charge in [-0.2, -0.15) is 4.31 Å². The smallest absolute Gasteiger partial charge is 0.322 e. The fourth-order valence-electron chi connectivity index (χ4n) is 2.58. The van der Waals surface area contributed by atoms with Crippen molar-refractivity contribution in [3.05, 3.63) is 59.1 Å². The number of halogens is 1. The summed E-state index contributed by atoms with van der Waals surface area (Å²) in [7, 11) is -2.69. The molecule has 0 radical (unpaired) electrons. The molecule has 0 aliphatic carbocycles. The molecule has 0 aromatic heterocycles. The number of likely N-dealkylation sites (N-methyl/N-ethyl adjacent to an activating group) is 1. The molecule has 0 aliphatic heterocycles. The molecule has 32 heavy (non-hydrogen) atoms. The summed E-state index contributed by atoms with van der Waals surface area (Å²) in [6, 6.07) is 11.7. The molecule has 1 amide bonds. The fourth-order valence-corrected chi connectivity index (χ4v) is 3.82. The van der Waals surface area contributed by atoms with E-state index in [1.807, 2.05) is 0 Å². The molecule has 0 aliphatic rings. The maximum atomic E-state index is 12.5. The lowest BCUT2D eigenvalue weighted by Crippen LogP contribution is -2.35. The third kappa shape index (κ3) is 6.62. The van der Waals surface area contributed by atoms with Gasteiger partial charge in [0.05, 0.1) is 4.90 Å². The summed E-state index contributed by atoms with van der Waals surface area (Å²) in [5.74, 6) is -1.66. The van der Waals surface area contributed by atoms with Crippen LogP contribution >= 0.6 is 11.6 Å². The zero-order valence-electron chi connectivity index (χ0n) is 18.2. The van der Waals surface area contributed by atoms with Crippen LogP contribution < -0.4 is 5.32 Å². The number of hydrogen-bond acceptors (Lipinski definition) is 6. The SMILES string of the molecule is CC(C)C(=O)Nc1ccc(C(=O)C(C)OC(=O)CN(C)S(=O)(=O)c2ccc(Cl)cc2)cc1. The molecular formula is C22H25ClN2O6S. The minimum atomic E-state index is -3.93. The predicted molar refractivity (Wildman–Crippen MR) is 121 cm³/mol. The van der Waals surface area contributed by atoms with E-state index in [1.165, 1.54) is 50.4 Å². The van der Waals surface area contributed by atoms with Gasteiger partial charge in [0, 0.05) is 29.2 Å². The van der Waals surface area contributed by atoms with Crippen LogP contribution in [0.1, 0.15) is 31.1 Å². The number of carbonyl (C=O) groups excluding carboxylic acids is 3. The molecule has 172 valence electrons. The summed E-state index contributed by atoms with van der Waals surface area (Å²) < 4.78 is 31.1. The minimum absolute atomic E-state index is 0.0222. The topological polar surface area (TPSA) is 110 Å². The number of rotatable bonds is 9. The lowest BCUT2D eigenvalue weighted by molar-refractivity contribution is -0.146. The zero-order chi connectivity index (χ0) is 24.1. The molecule has 8 nitrogen and oxygen atoms in total. The standard InChI is InChI=1S/C22H25ClN2O6S/c1-14(2)22(28)24-18-9-5-16(6-10-18)21(27)15(3)31-20(26)13-25(4)32(29,30)19-11-7-17(23)8-12-19/h5-12,14-15H,13H2,1-4H3,(H,24,28). The number of carbonyl (C=O) groups is 3. The lowest BCUT2D eigenvalue weighted by atomic mass is 10.1. The van der Waals surface area contributed by atoms with E-state index in [4.69, 9.17) is 16.3 Å². The molecule has 0 saturated carbocycles. The normalized spacial score (nSPS) is 12.5. The van der Waals surface area contributed by atoms with Crippen LogP contribution in [0, 0.1) is 5.92 Å². The highest BCUT2D eigenvalue weighted by Crippen LogP contribution is 2.18. The van der Waals surface area contributed by atoms with Crippen molar-refractivity contribution in [3.63, 3.8) is 0 Å². The average Bonchev–Trinajstić information content (AvgIpc) is 2.73. The summed E-state index contributed by atoms with van der Waals surface area (Å²) >= 11 is 5.77. The van der Waals surface area contributed by atoms with Crippen LogP contribution in [0.4, 0.5) is 5.69 Å². The molecule has 2 aromatic rings. The molecule has 0 saturated heterocycles. The quantitative estimate of drug-likeness (QED) is 0.435. The van der Waals surface area contributed by atoms with Crippen molar-refractivity contribution < 1.29 is 27.5 Å². The molecule has 2 rings (SSSR count). The molecular weight excluding hydrogens is 456 g/mol. The number of anilines is 1. The van der Waals surface area contributed by atoms with Crippen LogP contribution in [-0.2, 0) is 24.3 Å². The first kappa shape index (κ1) is 25.5. The van der Waals surface area contributed by atoms with Gasteiger partial charge in [0.25, 0.3) is 0 Å². The maximum absolute atomic E-state index is 12.5. The largest absolute Gasteiger partial charge is 0.453 e. The number of hydrogen-bond donors (Lipinski definition) is 1. The molecule has 0 spiro atoms. The Bertz CT molecular complexity index is 1080. The number of benzene rings is 2. The summed E-state index contributed by atoms with van der Waals surface area (Å²) in [6.07, 6.45) is -1.12. The fraction of sp³-hybridized carbons (Fsp3) is 0.318. The van der Waals surface area contributed by atoms with Gasteiger partial charge in [-0.15, -0.1) is 0 Å². The van der Waals surface area contributed by atoms with Crippen molar-refractivity contribution in [3.8, 4) is 0 Å². The van der Waals surface area contributed by atoms with Crippen LogP contribution in [-0.4, -0.2) is 50.1 Å². The molecule has 2 aromatic carbocycles. The summed E-state index contributed by atoms with van der Waals surface area (Å²) in [6.45, 7) is 4.37. The van der Waals surface area contributed by atoms with E-state index >= 15 is 0 Å². The van der Waals surface area contributed by atoms with Crippen LogP contribution in [0.25, 0.3) is 0 Å². The number of amides is 1. The van der Waals surface area contributed by atoms with Gasteiger partial charge in [-0.1, -0.05) is 25.4 Å². The van der Waals surface area contributed by atoms with Gasteiger partial charge in [-0.05, 0) is 55.5 Å². The van der Waals surface area contributed by atoms with Crippen molar-refractivity contribution >= 4 is 45.0 Å². The highest BCUT2D eigenvalue weighted by atomic mass is 35.5. The van der Waals surface area contributed by atoms with E-state index in [1.54, 1.807) is 26.0 Å². The highest BCUT2D eigenvalue weighted by Gasteiger charge is 2.26. The Balaban J connectivity index is 1.97. The first-order chi connectivity index (χ1) is 14.9. The minimum Gasteiger partial charge on any atom is -0.453 e. The van der Waals surface area contributed by atoms with Gasteiger partial charge in [0.1, 0.15) is 6.54 Å². The molecule has 0 heterocycles. The second-order valence-corrected chi connectivity index (χ2v) is 9.91. The second-order valence-electron chi connectivity index (χ2n) is 7.43.